The van der Waals surface area contributed by atoms with Crippen LogP contribution >= 0.6 is 0 Å². The minimum absolute atomic E-state index is 0.133. The molecule has 0 N–H and O–H groups in total. The van der Waals surface area contributed by atoms with Crippen LogP contribution in [0.1, 0.15) is 19.8 Å². The highest BCUT2D eigenvalue weighted by Crippen LogP contribution is 2.18. The third-order valence-corrected chi connectivity index (χ3v) is 3.12. The zero-order valence-electron chi connectivity index (χ0n) is 11.4. The number of esters is 1. The van der Waals surface area contributed by atoms with Crippen molar-refractivity contribution < 1.29 is 14.3 Å². The number of rotatable bonds is 5. The van der Waals surface area contributed by atoms with Crippen LogP contribution in [0.5, 0.6) is 0 Å². The molecule has 0 bridgehead atoms. The van der Waals surface area contributed by atoms with E-state index in [1.54, 1.807) is 6.20 Å². The van der Waals surface area contributed by atoms with Crippen LogP contribution in [-0.2, 0) is 20.8 Å². The van der Waals surface area contributed by atoms with Gasteiger partial charge in [0.05, 0.1) is 32.4 Å². The molecule has 19 heavy (non-hydrogen) atoms. The van der Waals surface area contributed by atoms with Crippen LogP contribution in [0, 0.1) is 0 Å². The second-order valence-electron chi connectivity index (χ2n) is 4.53. The number of ether oxygens (including phenoxy) is 2. The van der Waals surface area contributed by atoms with Crippen LogP contribution in [0.15, 0.2) is 6.20 Å². The number of nitrogens with zero attached hydrogens (tertiary/aromatic N) is 4. The Kier molecular flexibility index (Phi) is 4.73. The number of hydrogen-bond acceptors (Lipinski definition) is 6. The van der Waals surface area contributed by atoms with Crippen molar-refractivity contribution >= 4 is 11.8 Å². The van der Waals surface area contributed by atoms with Crippen LogP contribution < -0.4 is 4.90 Å². The van der Waals surface area contributed by atoms with Crippen LogP contribution in [0.25, 0.3) is 0 Å². The Morgan fingerprint density at radius 1 is 1.63 bits per heavy atom. The summed E-state index contributed by atoms with van der Waals surface area (Å²) in [5.41, 5.74) is 0. The zero-order valence-corrected chi connectivity index (χ0v) is 11.4. The van der Waals surface area contributed by atoms with E-state index in [0.29, 0.717) is 13.2 Å². The van der Waals surface area contributed by atoms with Crippen molar-refractivity contribution in [1.29, 1.82) is 0 Å². The maximum atomic E-state index is 11.3. The van der Waals surface area contributed by atoms with E-state index in [2.05, 4.69) is 26.9 Å². The smallest absolute Gasteiger partial charge is 0.308 e. The summed E-state index contributed by atoms with van der Waals surface area (Å²) in [6.45, 7) is 4.99. The van der Waals surface area contributed by atoms with Gasteiger partial charge < -0.3 is 14.4 Å². The highest BCUT2D eigenvalue weighted by molar-refractivity contribution is 5.69. The lowest BCUT2D eigenvalue weighted by Crippen LogP contribution is -2.44. The summed E-state index contributed by atoms with van der Waals surface area (Å²) >= 11 is 0. The molecule has 1 fully saturated rings. The monoisotopic (exact) mass is 268 g/mol. The lowest BCUT2D eigenvalue weighted by molar-refractivity contribution is -0.144. The maximum Gasteiger partial charge on any atom is 0.308 e. The third-order valence-electron chi connectivity index (χ3n) is 3.12. The summed E-state index contributed by atoms with van der Waals surface area (Å²) in [4.78, 5) is 13.5. The van der Waals surface area contributed by atoms with Gasteiger partial charge in [-0.1, -0.05) is 12.1 Å². The number of anilines is 1. The predicted octanol–water partition coefficient (Wildman–Crippen LogP) is 0.456. The molecule has 0 amide bonds. The van der Waals surface area contributed by atoms with Gasteiger partial charge in [-0.15, -0.1) is 5.10 Å². The maximum absolute atomic E-state index is 11.3. The van der Waals surface area contributed by atoms with E-state index in [1.165, 1.54) is 7.11 Å². The number of carbonyl (C=O) groups is 1. The normalized spacial score (nSPS) is 19.5. The summed E-state index contributed by atoms with van der Waals surface area (Å²) in [5.74, 6) is 0.743. The molecule has 0 aromatic carbocycles. The van der Waals surface area contributed by atoms with Gasteiger partial charge in [-0.2, -0.15) is 0 Å². The second kappa shape index (κ2) is 6.51. The molecule has 1 saturated heterocycles. The van der Waals surface area contributed by atoms with E-state index in [0.717, 1.165) is 25.3 Å². The van der Waals surface area contributed by atoms with E-state index in [1.807, 2.05) is 4.68 Å². The largest absolute Gasteiger partial charge is 0.469 e. The summed E-state index contributed by atoms with van der Waals surface area (Å²) < 4.78 is 12.1. The standard InChI is InChI=1S/C12H20N4O3/c1-3-4-16-11(8-13-14-16)15-5-6-19-10(9-15)7-12(17)18-2/h8,10H,3-7,9H2,1-2H3. The van der Waals surface area contributed by atoms with Crippen molar-refractivity contribution in [3.8, 4) is 0 Å². The van der Waals surface area contributed by atoms with Gasteiger partial charge in [-0.3, -0.25) is 4.79 Å². The summed E-state index contributed by atoms with van der Waals surface area (Å²) in [7, 11) is 1.39. The Labute approximate surface area is 112 Å². The molecule has 1 aromatic rings. The molecule has 1 atom stereocenters. The van der Waals surface area contributed by atoms with E-state index in [9.17, 15) is 4.79 Å². The summed E-state index contributed by atoms with van der Waals surface area (Å²) in [6, 6.07) is 0. The number of methoxy groups -OCH3 is 1. The van der Waals surface area contributed by atoms with E-state index >= 15 is 0 Å². The van der Waals surface area contributed by atoms with Crippen molar-refractivity contribution in [3.63, 3.8) is 0 Å². The molecule has 1 unspecified atom stereocenters. The average Bonchev–Trinajstić information content (AvgIpc) is 2.87. The van der Waals surface area contributed by atoms with Crippen LogP contribution in [0.4, 0.5) is 5.82 Å². The molecule has 1 aliphatic rings. The van der Waals surface area contributed by atoms with Crippen molar-refractivity contribution in [2.75, 3.05) is 31.7 Å². The van der Waals surface area contributed by atoms with Gasteiger partial charge in [-0.05, 0) is 6.42 Å². The molecule has 0 spiro atoms. The SMILES string of the molecule is CCCn1nncc1N1CCOC(CC(=O)OC)C1. The average molecular weight is 268 g/mol. The number of hydrogen-bond donors (Lipinski definition) is 0. The van der Waals surface area contributed by atoms with Gasteiger partial charge in [0.2, 0.25) is 0 Å². The highest BCUT2D eigenvalue weighted by atomic mass is 16.5. The van der Waals surface area contributed by atoms with E-state index in [4.69, 9.17) is 4.74 Å². The first kappa shape index (κ1) is 13.8. The molecule has 0 radical (unpaired) electrons. The van der Waals surface area contributed by atoms with Crippen molar-refractivity contribution in [1.82, 2.24) is 15.0 Å². The molecule has 1 aromatic heterocycles. The van der Waals surface area contributed by atoms with Crippen molar-refractivity contribution in [2.45, 2.75) is 32.4 Å². The van der Waals surface area contributed by atoms with Crippen molar-refractivity contribution in [3.05, 3.63) is 6.20 Å². The van der Waals surface area contributed by atoms with Gasteiger partial charge in [0, 0.05) is 19.6 Å². The number of morpholine rings is 1. The molecular weight excluding hydrogens is 248 g/mol. The first-order chi connectivity index (χ1) is 9.24. The molecule has 106 valence electrons. The fourth-order valence-corrected chi connectivity index (χ4v) is 2.19. The molecule has 0 aliphatic carbocycles. The van der Waals surface area contributed by atoms with E-state index in [-0.39, 0.29) is 18.5 Å². The predicted molar refractivity (Wildman–Crippen MR) is 68.9 cm³/mol. The Morgan fingerprint density at radius 3 is 3.21 bits per heavy atom. The van der Waals surface area contributed by atoms with Gasteiger partial charge >= 0.3 is 5.97 Å². The summed E-state index contributed by atoms with van der Waals surface area (Å²) in [6.07, 6.45) is 2.91. The van der Waals surface area contributed by atoms with Crippen LogP contribution in [-0.4, -0.2) is 53.9 Å². The first-order valence-corrected chi connectivity index (χ1v) is 6.56. The van der Waals surface area contributed by atoms with Gasteiger partial charge in [0.25, 0.3) is 0 Å². The van der Waals surface area contributed by atoms with Crippen molar-refractivity contribution in [2.24, 2.45) is 0 Å². The zero-order chi connectivity index (χ0) is 13.7. The topological polar surface area (TPSA) is 69.5 Å². The highest BCUT2D eigenvalue weighted by Gasteiger charge is 2.25. The van der Waals surface area contributed by atoms with E-state index < -0.39 is 0 Å². The van der Waals surface area contributed by atoms with Gasteiger partial charge in [0.1, 0.15) is 5.82 Å². The Morgan fingerprint density at radius 2 is 2.47 bits per heavy atom. The number of aryl methyl sites for hydroxylation is 1. The number of aromatic nitrogens is 3. The molecule has 7 heteroatoms. The Bertz CT molecular complexity index is 421. The molecule has 2 heterocycles. The molecule has 0 saturated carbocycles. The Balaban J connectivity index is 2.00. The summed E-state index contributed by atoms with van der Waals surface area (Å²) in [5, 5.41) is 8.03. The molecule has 2 rings (SSSR count). The third kappa shape index (κ3) is 3.44. The second-order valence-corrected chi connectivity index (χ2v) is 4.53. The fourth-order valence-electron chi connectivity index (χ4n) is 2.19. The number of carbonyl (C=O) groups excluding carboxylic acids is 1. The molecular formula is C12H20N4O3. The molecule has 7 nitrogen and oxygen atoms in total. The fraction of sp³-hybridized carbons (Fsp3) is 0.750. The molecule has 1 aliphatic heterocycles. The van der Waals surface area contributed by atoms with Crippen LogP contribution in [0.2, 0.25) is 0 Å². The van der Waals surface area contributed by atoms with Crippen LogP contribution in [0.3, 0.4) is 0 Å². The Hall–Kier alpha value is -1.63. The lowest BCUT2D eigenvalue weighted by atomic mass is 10.2. The minimum atomic E-state index is -0.243. The first-order valence-electron chi connectivity index (χ1n) is 6.56. The quantitative estimate of drug-likeness (QED) is 0.722. The minimum Gasteiger partial charge on any atom is -0.469 e. The lowest BCUT2D eigenvalue weighted by Gasteiger charge is -2.33. The van der Waals surface area contributed by atoms with Gasteiger partial charge in [-0.25, -0.2) is 4.68 Å². The van der Waals surface area contributed by atoms with Gasteiger partial charge in [0.15, 0.2) is 0 Å².